The standard InChI is InChI=1S/C24H32BrN5O3/c1-16-12-20(33)23-22(16)24(28-15-27-23)30-9-7-29(8-10-30)21(26-6-11-31)13-18(14-32)17-2-4-19(25)5-3-17/h2-5,14-16,18,20-21,26,31,33H,6-13H2,1H3/t16-,18?,20-,21?/m1/s1. The van der Waals surface area contributed by atoms with E-state index in [1.54, 1.807) is 6.33 Å². The predicted molar refractivity (Wildman–Crippen MR) is 130 cm³/mol. The first-order valence-corrected chi connectivity index (χ1v) is 12.4. The van der Waals surface area contributed by atoms with Crippen molar-refractivity contribution in [3.8, 4) is 0 Å². The summed E-state index contributed by atoms with van der Waals surface area (Å²) in [5.41, 5.74) is 2.83. The molecule has 0 amide bonds. The maximum atomic E-state index is 11.9. The molecule has 9 heteroatoms. The van der Waals surface area contributed by atoms with Crippen LogP contribution in [0.2, 0.25) is 0 Å². The molecule has 0 saturated carbocycles. The van der Waals surface area contributed by atoms with Crippen molar-refractivity contribution in [1.29, 1.82) is 0 Å². The van der Waals surface area contributed by atoms with E-state index in [2.05, 4.69) is 47.9 Å². The fourth-order valence-corrected chi connectivity index (χ4v) is 5.28. The van der Waals surface area contributed by atoms with Crippen LogP contribution in [0.4, 0.5) is 5.82 Å². The van der Waals surface area contributed by atoms with Gasteiger partial charge in [0.25, 0.3) is 0 Å². The van der Waals surface area contributed by atoms with E-state index >= 15 is 0 Å². The Hall–Kier alpha value is -1.91. The SMILES string of the molecule is C[C@@H]1C[C@@H](O)c2ncnc(N3CCN(C(CC(C=O)c4ccc(Br)cc4)NCCO)CC3)c21. The summed E-state index contributed by atoms with van der Waals surface area (Å²) in [5, 5.41) is 23.1. The second-order valence-corrected chi connectivity index (χ2v) is 9.81. The predicted octanol–water partition coefficient (Wildman–Crippen LogP) is 2.18. The number of hydrogen-bond donors (Lipinski definition) is 3. The molecule has 178 valence electrons. The molecule has 2 unspecified atom stereocenters. The lowest BCUT2D eigenvalue weighted by Crippen LogP contribution is -2.56. The van der Waals surface area contributed by atoms with Crippen LogP contribution < -0.4 is 10.2 Å². The zero-order chi connectivity index (χ0) is 23.4. The van der Waals surface area contributed by atoms with Crippen molar-refractivity contribution in [3.63, 3.8) is 0 Å². The average Bonchev–Trinajstić information content (AvgIpc) is 3.14. The van der Waals surface area contributed by atoms with Crippen molar-refractivity contribution >= 4 is 28.0 Å². The fourth-order valence-electron chi connectivity index (χ4n) is 5.01. The van der Waals surface area contributed by atoms with Crippen molar-refractivity contribution in [2.45, 2.75) is 43.9 Å². The second-order valence-electron chi connectivity index (χ2n) is 8.90. The van der Waals surface area contributed by atoms with Gasteiger partial charge in [-0.05, 0) is 36.5 Å². The maximum Gasteiger partial charge on any atom is 0.135 e. The zero-order valence-electron chi connectivity index (χ0n) is 18.9. The Kier molecular flexibility index (Phi) is 8.08. The van der Waals surface area contributed by atoms with Crippen LogP contribution in [0.15, 0.2) is 35.1 Å². The smallest absolute Gasteiger partial charge is 0.135 e. The summed E-state index contributed by atoms with van der Waals surface area (Å²) in [5.74, 6) is 0.950. The Labute approximate surface area is 203 Å². The van der Waals surface area contributed by atoms with Crippen LogP contribution in [0.3, 0.4) is 0 Å². The summed E-state index contributed by atoms with van der Waals surface area (Å²) < 4.78 is 0.986. The number of benzene rings is 1. The number of nitrogens with one attached hydrogen (secondary N) is 1. The fraction of sp³-hybridized carbons (Fsp3) is 0.542. The van der Waals surface area contributed by atoms with Crippen molar-refractivity contribution < 1.29 is 15.0 Å². The van der Waals surface area contributed by atoms with Gasteiger partial charge in [-0.2, -0.15) is 0 Å². The number of hydrogen-bond acceptors (Lipinski definition) is 8. The molecule has 0 spiro atoms. The summed E-state index contributed by atoms with van der Waals surface area (Å²) in [6.45, 7) is 5.87. The Morgan fingerprint density at radius 3 is 2.61 bits per heavy atom. The van der Waals surface area contributed by atoms with Gasteiger partial charge in [-0.1, -0.05) is 35.0 Å². The third-order valence-corrected chi connectivity index (χ3v) is 7.29. The Morgan fingerprint density at radius 2 is 1.94 bits per heavy atom. The molecule has 8 nitrogen and oxygen atoms in total. The molecule has 1 aliphatic carbocycles. The Bertz CT molecular complexity index is 936. The van der Waals surface area contributed by atoms with Gasteiger partial charge < -0.3 is 19.9 Å². The molecule has 2 aliphatic rings. The summed E-state index contributed by atoms with van der Waals surface area (Å²) in [4.78, 5) is 25.5. The number of halogens is 1. The average molecular weight is 518 g/mol. The van der Waals surface area contributed by atoms with Crippen LogP contribution in [-0.2, 0) is 4.79 Å². The van der Waals surface area contributed by atoms with Crippen LogP contribution in [-0.4, -0.2) is 76.9 Å². The monoisotopic (exact) mass is 517 g/mol. The van der Waals surface area contributed by atoms with Crippen LogP contribution in [0.25, 0.3) is 0 Å². The van der Waals surface area contributed by atoms with Gasteiger partial charge in [-0.25, -0.2) is 9.97 Å². The minimum atomic E-state index is -0.510. The third-order valence-electron chi connectivity index (χ3n) is 6.76. The summed E-state index contributed by atoms with van der Waals surface area (Å²) in [7, 11) is 0. The lowest BCUT2D eigenvalue weighted by Gasteiger charge is -2.41. The number of fused-ring (bicyclic) bond motifs is 1. The molecule has 3 N–H and O–H groups in total. The number of aliphatic hydroxyl groups excluding tert-OH is 2. The molecule has 1 aliphatic heterocycles. The first kappa shape index (κ1) is 24.2. The number of anilines is 1. The van der Waals surface area contributed by atoms with E-state index in [9.17, 15) is 15.0 Å². The number of piperazine rings is 1. The maximum absolute atomic E-state index is 11.9. The molecule has 1 aromatic heterocycles. The molecule has 2 heterocycles. The van der Waals surface area contributed by atoms with Gasteiger partial charge >= 0.3 is 0 Å². The van der Waals surface area contributed by atoms with Gasteiger partial charge in [0.15, 0.2) is 0 Å². The molecule has 1 fully saturated rings. The topological polar surface area (TPSA) is 102 Å². The second kappa shape index (κ2) is 11.0. The van der Waals surface area contributed by atoms with Crippen molar-refractivity contribution in [3.05, 3.63) is 51.9 Å². The zero-order valence-corrected chi connectivity index (χ0v) is 20.5. The van der Waals surface area contributed by atoms with Gasteiger partial charge in [-0.3, -0.25) is 10.2 Å². The summed E-state index contributed by atoms with van der Waals surface area (Å²) in [6.07, 6.45) is 3.37. The Balaban J connectivity index is 1.45. The van der Waals surface area contributed by atoms with E-state index < -0.39 is 6.10 Å². The first-order chi connectivity index (χ1) is 16.0. The van der Waals surface area contributed by atoms with E-state index in [1.807, 2.05) is 24.3 Å². The molecule has 4 rings (SSSR count). The molecular weight excluding hydrogens is 486 g/mol. The van der Waals surface area contributed by atoms with Crippen LogP contribution >= 0.6 is 15.9 Å². The number of carbonyl (C=O) groups is 1. The molecule has 1 aromatic carbocycles. The molecule has 0 radical (unpaired) electrons. The molecule has 0 bridgehead atoms. The molecular formula is C24H32BrN5O3. The number of aldehydes is 1. The highest BCUT2D eigenvalue weighted by Gasteiger charge is 2.34. The largest absolute Gasteiger partial charge is 0.395 e. The quantitative estimate of drug-likeness (QED) is 0.435. The minimum absolute atomic E-state index is 0.0185. The number of aromatic nitrogens is 2. The molecule has 2 aromatic rings. The van der Waals surface area contributed by atoms with Gasteiger partial charge in [0, 0.05) is 48.7 Å². The number of rotatable bonds is 9. The van der Waals surface area contributed by atoms with Gasteiger partial charge in [0.1, 0.15) is 18.4 Å². The summed E-state index contributed by atoms with van der Waals surface area (Å²) >= 11 is 3.45. The van der Waals surface area contributed by atoms with Crippen LogP contribution in [0.1, 0.15) is 54.5 Å². The van der Waals surface area contributed by atoms with E-state index in [1.165, 1.54) is 0 Å². The normalized spacial score (nSPS) is 22.7. The van der Waals surface area contributed by atoms with Crippen LogP contribution in [0.5, 0.6) is 0 Å². The van der Waals surface area contributed by atoms with Crippen molar-refractivity contribution in [2.24, 2.45) is 0 Å². The highest BCUT2D eigenvalue weighted by Crippen LogP contribution is 2.42. The minimum Gasteiger partial charge on any atom is -0.395 e. The lowest BCUT2D eigenvalue weighted by atomic mass is 9.95. The summed E-state index contributed by atoms with van der Waals surface area (Å²) in [6, 6.07) is 7.88. The number of aliphatic hydroxyl groups is 2. The number of nitrogens with zero attached hydrogens (tertiary/aromatic N) is 4. The van der Waals surface area contributed by atoms with Crippen molar-refractivity contribution in [1.82, 2.24) is 20.2 Å². The lowest BCUT2D eigenvalue weighted by molar-refractivity contribution is -0.109. The van der Waals surface area contributed by atoms with E-state index in [0.717, 1.165) is 59.6 Å². The first-order valence-electron chi connectivity index (χ1n) is 11.6. The third kappa shape index (κ3) is 5.44. The highest BCUT2D eigenvalue weighted by molar-refractivity contribution is 9.10. The number of carbonyl (C=O) groups excluding carboxylic acids is 1. The molecule has 4 atom stereocenters. The Morgan fingerprint density at radius 1 is 1.21 bits per heavy atom. The van der Waals surface area contributed by atoms with Crippen molar-refractivity contribution in [2.75, 3.05) is 44.2 Å². The van der Waals surface area contributed by atoms with E-state index in [4.69, 9.17) is 0 Å². The van der Waals surface area contributed by atoms with Gasteiger partial charge in [0.05, 0.1) is 24.6 Å². The van der Waals surface area contributed by atoms with E-state index in [0.29, 0.717) is 19.4 Å². The van der Waals surface area contributed by atoms with E-state index in [-0.39, 0.29) is 24.6 Å². The van der Waals surface area contributed by atoms with Gasteiger partial charge in [0.2, 0.25) is 0 Å². The van der Waals surface area contributed by atoms with Gasteiger partial charge in [-0.15, -0.1) is 0 Å². The molecule has 1 saturated heterocycles. The highest BCUT2D eigenvalue weighted by atomic mass is 79.9. The molecule has 33 heavy (non-hydrogen) atoms. The van der Waals surface area contributed by atoms with Crippen LogP contribution in [0, 0.1) is 0 Å².